The van der Waals surface area contributed by atoms with Crippen LogP contribution in [0.1, 0.15) is 24.0 Å². The first-order valence-corrected chi connectivity index (χ1v) is 9.31. The fourth-order valence-electron chi connectivity index (χ4n) is 3.29. The molecule has 0 aliphatic carbocycles. The quantitative estimate of drug-likeness (QED) is 0.822. The lowest BCUT2D eigenvalue weighted by atomic mass is 10.1. The number of imide groups is 1. The summed E-state index contributed by atoms with van der Waals surface area (Å²) in [5.41, 5.74) is 1.73. The third kappa shape index (κ3) is 2.91. The molecule has 0 aromatic heterocycles. The number of aryl methyl sites for hydroxylation is 2. The predicted octanol–water partition coefficient (Wildman–Crippen LogP) is 1.44. The van der Waals surface area contributed by atoms with Crippen LogP contribution >= 0.6 is 0 Å². The van der Waals surface area contributed by atoms with Gasteiger partial charge in [-0.05, 0) is 38.3 Å². The third-order valence-electron chi connectivity index (χ3n) is 4.52. The first-order chi connectivity index (χ1) is 11.3. The van der Waals surface area contributed by atoms with E-state index in [-0.39, 0.29) is 31.6 Å². The van der Waals surface area contributed by atoms with E-state index in [9.17, 15) is 18.0 Å². The molecular weight excluding hydrogens is 332 g/mol. The zero-order valence-electron chi connectivity index (χ0n) is 13.7. The van der Waals surface area contributed by atoms with Crippen LogP contribution in [-0.4, -0.2) is 55.4 Å². The highest BCUT2D eigenvalue weighted by Crippen LogP contribution is 2.27. The Morgan fingerprint density at radius 2 is 1.79 bits per heavy atom. The average molecular weight is 352 g/mol. The van der Waals surface area contributed by atoms with E-state index in [1.807, 2.05) is 13.0 Å². The number of rotatable bonds is 3. The summed E-state index contributed by atoms with van der Waals surface area (Å²) < 4.78 is 31.8. The molecule has 0 saturated carbocycles. The molecule has 0 unspecified atom stereocenters. The molecule has 0 atom stereocenters. The van der Waals surface area contributed by atoms with E-state index >= 15 is 0 Å². The second-order valence-electron chi connectivity index (χ2n) is 6.22. The van der Waals surface area contributed by atoms with Gasteiger partial charge >= 0.3 is 6.09 Å². The molecule has 1 aromatic carbocycles. The largest absolute Gasteiger partial charge is 0.439 e. The molecule has 8 heteroatoms. The number of cyclic esters (lactones) is 1. The highest BCUT2D eigenvalue weighted by atomic mass is 32.2. The molecule has 0 N–H and O–H groups in total. The van der Waals surface area contributed by atoms with Crippen LogP contribution in [0.25, 0.3) is 0 Å². The lowest BCUT2D eigenvalue weighted by Crippen LogP contribution is -2.48. The molecule has 3 rings (SSSR count). The zero-order chi connectivity index (χ0) is 17.5. The van der Waals surface area contributed by atoms with Crippen molar-refractivity contribution in [1.82, 2.24) is 9.21 Å². The Morgan fingerprint density at radius 1 is 1.12 bits per heavy atom. The Hall–Kier alpha value is -1.93. The molecule has 2 heterocycles. The minimum atomic E-state index is -3.57. The maximum Gasteiger partial charge on any atom is 0.417 e. The maximum absolute atomic E-state index is 12.8. The summed E-state index contributed by atoms with van der Waals surface area (Å²) >= 11 is 0. The molecule has 2 aliphatic heterocycles. The lowest BCUT2D eigenvalue weighted by Gasteiger charge is -2.34. The van der Waals surface area contributed by atoms with E-state index in [0.717, 1.165) is 16.0 Å². The first kappa shape index (κ1) is 16.9. The van der Waals surface area contributed by atoms with E-state index in [1.54, 1.807) is 19.1 Å². The SMILES string of the molecule is Cc1ccc(S(=O)(=O)N2CCC(N3C(=O)COC3=O)CC2)c(C)c1. The van der Waals surface area contributed by atoms with Crippen LogP contribution in [0.15, 0.2) is 23.1 Å². The summed E-state index contributed by atoms with van der Waals surface area (Å²) in [5, 5.41) is 0. The van der Waals surface area contributed by atoms with E-state index in [2.05, 4.69) is 0 Å². The second kappa shape index (κ2) is 6.18. The number of nitrogens with zero attached hydrogens (tertiary/aromatic N) is 2. The van der Waals surface area contributed by atoms with Crippen LogP contribution in [0.4, 0.5) is 4.79 Å². The standard InChI is InChI=1S/C16H20N2O5S/c1-11-3-4-14(12(2)9-11)24(21,22)17-7-5-13(6-8-17)18-15(19)10-23-16(18)20/h3-4,9,13H,5-8,10H2,1-2H3. The number of amides is 2. The van der Waals surface area contributed by atoms with Crippen molar-refractivity contribution in [1.29, 1.82) is 0 Å². The maximum atomic E-state index is 12.8. The molecule has 24 heavy (non-hydrogen) atoms. The zero-order valence-corrected chi connectivity index (χ0v) is 14.5. The topological polar surface area (TPSA) is 84.0 Å². The van der Waals surface area contributed by atoms with Gasteiger partial charge < -0.3 is 4.74 Å². The van der Waals surface area contributed by atoms with E-state index < -0.39 is 16.1 Å². The Bertz CT molecular complexity index is 766. The van der Waals surface area contributed by atoms with E-state index in [0.29, 0.717) is 17.7 Å². The smallest absolute Gasteiger partial charge is 0.417 e. The summed E-state index contributed by atoms with van der Waals surface area (Å²) in [6, 6.07) is 4.97. The lowest BCUT2D eigenvalue weighted by molar-refractivity contribution is -0.127. The Balaban J connectivity index is 1.74. The van der Waals surface area contributed by atoms with Gasteiger partial charge in [-0.15, -0.1) is 0 Å². The average Bonchev–Trinajstić information content (AvgIpc) is 2.86. The summed E-state index contributed by atoms with van der Waals surface area (Å²) in [6.07, 6.45) is 0.214. The van der Waals surface area contributed by atoms with Gasteiger partial charge in [0, 0.05) is 19.1 Å². The van der Waals surface area contributed by atoms with Gasteiger partial charge in [0.25, 0.3) is 5.91 Å². The van der Waals surface area contributed by atoms with Crippen LogP contribution in [0, 0.1) is 13.8 Å². The van der Waals surface area contributed by atoms with Crippen molar-refractivity contribution in [2.45, 2.75) is 37.6 Å². The van der Waals surface area contributed by atoms with Crippen molar-refractivity contribution in [3.8, 4) is 0 Å². The van der Waals surface area contributed by atoms with Crippen molar-refractivity contribution < 1.29 is 22.7 Å². The van der Waals surface area contributed by atoms with Crippen molar-refractivity contribution in [3.63, 3.8) is 0 Å². The van der Waals surface area contributed by atoms with Crippen LogP contribution in [0.3, 0.4) is 0 Å². The van der Waals surface area contributed by atoms with Crippen molar-refractivity contribution in [2.75, 3.05) is 19.7 Å². The molecule has 2 amide bonds. The molecule has 2 aliphatic rings. The molecule has 2 fully saturated rings. The Labute approximate surface area is 141 Å². The van der Waals surface area contributed by atoms with Gasteiger partial charge in [0.15, 0.2) is 6.61 Å². The first-order valence-electron chi connectivity index (χ1n) is 7.87. The van der Waals surface area contributed by atoms with Crippen LogP contribution in [0.2, 0.25) is 0 Å². The summed E-state index contributed by atoms with van der Waals surface area (Å²) in [5.74, 6) is -0.351. The number of carbonyl (C=O) groups excluding carboxylic acids is 2. The Morgan fingerprint density at radius 3 is 2.33 bits per heavy atom. The number of hydrogen-bond donors (Lipinski definition) is 0. The molecule has 0 bridgehead atoms. The molecular formula is C16H20N2O5S. The molecule has 1 aromatic rings. The van der Waals surface area contributed by atoms with Crippen LogP contribution in [0.5, 0.6) is 0 Å². The van der Waals surface area contributed by atoms with Gasteiger partial charge in [0.2, 0.25) is 10.0 Å². The molecule has 2 saturated heterocycles. The number of carbonyl (C=O) groups is 2. The van der Waals surface area contributed by atoms with Gasteiger partial charge in [-0.1, -0.05) is 17.7 Å². The molecule has 0 radical (unpaired) electrons. The highest BCUT2D eigenvalue weighted by molar-refractivity contribution is 7.89. The Kier molecular flexibility index (Phi) is 4.35. The summed E-state index contributed by atoms with van der Waals surface area (Å²) in [4.78, 5) is 24.8. The van der Waals surface area contributed by atoms with E-state index in [1.165, 1.54) is 4.31 Å². The molecule has 0 spiro atoms. The minimum Gasteiger partial charge on any atom is -0.439 e. The normalized spacial score (nSPS) is 20.5. The fraction of sp³-hybridized carbons (Fsp3) is 0.500. The van der Waals surface area contributed by atoms with Crippen molar-refractivity contribution >= 4 is 22.0 Å². The monoisotopic (exact) mass is 352 g/mol. The highest BCUT2D eigenvalue weighted by Gasteiger charge is 2.40. The number of piperidine rings is 1. The van der Waals surface area contributed by atoms with Crippen LogP contribution in [-0.2, 0) is 19.6 Å². The van der Waals surface area contributed by atoms with Gasteiger partial charge in [-0.2, -0.15) is 4.31 Å². The van der Waals surface area contributed by atoms with Gasteiger partial charge in [-0.25, -0.2) is 18.1 Å². The summed E-state index contributed by atoms with van der Waals surface area (Å²) in [7, 11) is -3.57. The summed E-state index contributed by atoms with van der Waals surface area (Å²) in [6.45, 7) is 4.03. The van der Waals surface area contributed by atoms with Gasteiger partial charge in [0.05, 0.1) is 4.90 Å². The third-order valence-corrected chi connectivity index (χ3v) is 6.58. The van der Waals surface area contributed by atoms with Gasteiger partial charge in [0.1, 0.15) is 0 Å². The second-order valence-corrected chi connectivity index (χ2v) is 8.13. The number of benzene rings is 1. The van der Waals surface area contributed by atoms with Crippen LogP contribution < -0.4 is 0 Å². The number of ether oxygens (including phenoxy) is 1. The minimum absolute atomic E-state index is 0.222. The predicted molar refractivity (Wildman–Crippen MR) is 85.9 cm³/mol. The molecule has 130 valence electrons. The number of hydrogen-bond acceptors (Lipinski definition) is 5. The van der Waals surface area contributed by atoms with E-state index in [4.69, 9.17) is 4.74 Å². The fourth-order valence-corrected chi connectivity index (χ4v) is 4.96. The molecule has 7 nitrogen and oxygen atoms in total. The van der Waals surface area contributed by atoms with Gasteiger partial charge in [-0.3, -0.25) is 4.79 Å². The van der Waals surface area contributed by atoms with Crippen molar-refractivity contribution in [2.24, 2.45) is 0 Å². The van der Waals surface area contributed by atoms with Crippen molar-refractivity contribution in [3.05, 3.63) is 29.3 Å². The number of sulfonamides is 1.